The van der Waals surface area contributed by atoms with Gasteiger partial charge in [0.2, 0.25) is 5.78 Å². The number of amides is 1. The van der Waals surface area contributed by atoms with Gasteiger partial charge in [0.25, 0.3) is 5.91 Å². The van der Waals surface area contributed by atoms with Crippen LogP contribution >= 0.6 is 11.3 Å². The Kier molecular flexibility index (Phi) is 4.61. The van der Waals surface area contributed by atoms with Crippen molar-refractivity contribution in [2.24, 2.45) is 0 Å². The minimum atomic E-state index is -0.140. The molecule has 146 valence electrons. The number of benzene rings is 2. The number of hydrogen-bond donors (Lipinski definition) is 1. The van der Waals surface area contributed by atoms with E-state index in [0.29, 0.717) is 11.3 Å². The minimum absolute atomic E-state index is 0.140. The molecule has 0 unspecified atom stereocenters. The Bertz CT molecular complexity index is 1340. The van der Waals surface area contributed by atoms with Crippen LogP contribution in [0.3, 0.4) is 0 Å². The number of aryl methyl sites for hydroxylation is 1. The van der Waals surface area contributed by atoms with Gasteiger partial charge in [-0.25, -0.2) is 9.97 Å². The van der Waals surface area contributed by atoms with Crippen molar-refractivity contribution in [3.8, 4) is 21.7 Å². The highest BCUT2D eigenvalue weighted by molar-refractivity contribution is 7.13. The SMILES string of the molecule is Cc1c(-c2cccc(NC(=O)c3ccc(-c4cccs4)cc3)c2)nc2ncccn12. The van der Waals surface area contributed by atoms with E-state index >= 15 is 0 Å². The molecule has 0 saturated heterocycles. The van der Waals surface area contributed by atoms with Crippen LogP contribution in [0.2, 0.25) is 0 Å². The first-order valence-corrected chi connectivity index (χ1v) is 10.4. The molecule has 6 heteroatoms. The van der Waals surface area contributed by atoms with Crippen LogP contribution in [-0.4, -0.2) is 20.3 Å². The lowest BCUT2D eigenvalue weighted by Gasteiger charge is -2.08. The molecule has 2 aromatic carbocycles. The van der Waals surface area contributed by atoms with Crippen LogP contribution in [0.1, 0.15) is 16.1 Å². The topological polar surface area (TPSA) is 59.3 Å². The molecule has 3 aromatic heterocycles. The predicted octanol–water partition coefficient (Wildman–Crippen LogP) is 5.69. The number of hydrogen-bond acceptors (Lipinski definition) is 4. The second-order valence-electron chi connectivity index (χ2n) is 6.93. The highest BCUT2D eigenvalue weighted by atomic mass is 32.1. The Balaban J connectivity index is 1.39. The largest absolute Gasteiger partial charge is 0.322 e. The molecule has 0 aliphatic heterocycles. The van der Waals surface area contributed by atoms with Gasteiger partial charge in [-0.05, 0) is 54.3 Å². The molecule has 1 N–H and O–H groups in total. The van der Waals surface area contributed by atoms with Gasteiger partial charge in [0, 0.05) is 39.8 Å². The molecule has 5 nitrogen and oxygen atoms in total. The quantitative estimate of drug-likeness (QED) is 0.414. The molecule has 5 aromatic rings. The third-order valence-electron chi connectivity index (χ3n) is 4.99. The zero-order chi connectivity index (χ0) is 20.5. The number of nitrogens with zero attached hydrogens (tertiary/aromatic N) is 3. The number of anilines is 1. The first kappa shape index (κ1) is 18.3. The van der Waals surface area contributed by atoms with Crippen LogP contribution in [-0.2, 0) is 0 Å². The smallest absolute Gasteiger partial charge is 0.255 e. The highest BCUT2D eigenvalue weighted by Crippen LogP contribution is 2.27. The number of thiophene rings is 1. The zero-order valence-electron chi connectivity index (χ0n) is 16.2. The second kappa shape index (κ2) is 7.57. The molecule has 0 fully saturated rings. The summed E-state index contributed by atoms with van der Waals surface area (Å²) in [6.07, 6.45) is 3.67. The Labute approximate surface area is 177 Å². The maximum absolute atomic E-state index is 12.7. The van der Waals surface area contributed by atoms with Gasteiger partial charge < -0.3 is 5.32 Å². The van der Waals surface area contributed by atoms with E-state index in [9.17, 15) is 4.79 Å². The molecule has 30 heavy (non-hydrogen) atoms. The van der Waals surface area contributed by atoms with Crippen LogP contribution in [0, 0.1) is 6.92 Å². The fraction of sp³-hybridized carbons (Fsp3) is 0.0417. The lowest BCUT2D eigenvalue weighted by Crippen LogP contribution is -2.11. The Morgan fingerprint density at radius 3 is 2.63 bits per heavy atom. The van der Waals surface area contributed by atoms with Crippen LogP contribution in [0.5, 0.6) is 0 Å². The molecular formula is C24H18N4OS. The zero-order valence-corrected chi connectivity index (χ0v) is 17.1. The third kappa shape index (κ3) is 3.38. The number of carbonyl (C=O) groups excluding carboxylic acids is 1. The standard InChI is InChI=1S/C24H18N4OS/c1-16-22(27-24-25-12-4-13-28(16)24)19-5-2-6-20(15-19)26-23(29)18-10-8-17(9-11-18)21-7-3-14-30-21/h2-15H,1H3,(H,26,29). The first-order chi connectivity index (χ1) is 14.7. The summed E-state index contributed by atoms with van der Waals surface area (Å²) in [5.74, 6) is 0.517. The average Bonchev–Trinajstić information content (AvgIpc) is 3.43. The molecule has 1 amide bonds. The number of carbonyl (C=O) groups is 1. The van der Waals surface area contributed by atoms with Crippen LogP contribution in [0.4, 0.5) is 5.69 Å². The average molecular weight is 411 g/mol. The van der Waals surface area contributed by atoms with E-state index in [1.165, 1.54) is 4.88 Å². The van der Waals surface area contributed by atoms with Gasteiger partial charge in [-0.15, -0.1) is 11.3 Å². The molecule has 0 bridgehead atoms. The van der Waals surface area contributed by atoms with Gasteiger partial charge in [-0.2, -0.15) is 0 Å². The van der Waals surface area contributed by atoms with Crippen molar-refractivity contribution < 1.29 is 4.79 Å². The van der Waals surface area contributed by atoms with Gasteiger partial charge in [0.1, 0.15) is 0 Å². The van der Waals surface area contributed by atoms with Gasteiger partial charge in [0.15, 0.2) is 0 Å². The molecule has 0 radical (unpaired) electrons. The van der Waals surface area contributed by atoms with Crippen molar-refractivity contribution in [2.75, 3.05) is 5.32 Å². The fourth-order valence-electron chi connectivity index (χ4n) is 3.45. The fourth-order valence-corrected chi connectivity index (χ4v) is 4.19. The van der Waals surface area contributed by atoms with Gasteiger partial charge in [-0.3, -0.25) is 9.20 Å². The Morgan fingerprint density at radius 2 is 1.87 bits per heavy atom. The monoisotopic (exact) mass is 410 g/mol. The summed E-state index contributed by atoms with van der Waals surface area (Å²) in [5, 5.41) is 5.03. The summed E-state index contributed by atoms with van der Waals surface area (Å²) in [4.78, 5) is 22.9. The summed E-state index contributed by atoms with van der Waals surface area (Å²) in [5.41, 5.74) is 5.25. The van der Waals surface area contributed by atoms with E-state index in [1.807, 2.05) is 83.6 Å². The molecule has 0 aliphatic carbocycles. The second-order valence-corrected chi connectivity index (χ2v) is 7.87. The maximum atomic E-state index is 12.7. The summed E-state index contributed by atoms with van der Waals surface area (Å²) < 4.78 is 1.95. The molecular weight excluding hydrogens is 392 g/mol. The molecule has 0 atom stereocenters. The van der Waals surface area contributed by atoms with Gasteiger partial charge in [0.05, 0.1) is 5.69 Å². The summed E-state index contributed by atoms with van der Waals surface area (Å²) in [7, 11) is 0. The summed E-state index contributed by atoms with van der Waals surface area (Å²) >= 11 is 1.68. The molecule has 5 rings (SSSR count). The number of nitrogens with one attached hydrogen (secondary N) is 1. The minimum Gasteiger partial charge on any atom is -0.322 e. The Hall–Kier alpha value is -3.77. The molecule has 0 spiro atoms. The van der Waals surface area contributed by atoms with E-state index in [4.69, 9.17) is 0 Å². The van der Waals surface area contributed by atoms with E-state index < -0.39 is 0 Å². The maximum Gasteiger partial charge on any atom is 0.255 e. The van der Waals surface area contributed by atoms with Gasteiger partial charge >= 0.3 is 0 Å². The Morgan fingerprint density at radius 1 is 1.00 bits per heavy atom. The normalized spacial score (nSPS) is 11.0. The first-order valence-electron chi connectivity index (χ1n) is 9.54. The van der Waals surface area contributed by atoms with Crippen molar-refractivity contribution in [1.29, 1.82) is 0 Å². The van der Waals surface area contributed by atoms with Crippen LogP contribution in [0.15, 0.2) is 84.5 Å². The number of fused-ring (bicyclic) bond motifs is 1. The van der Waals surface area contributed by atoms with Crippen LogP contribution in [0.25, 0.3) is 27.5 Å². The molecule has 0 aliphatic rings. The van der Waals surface area contributed by atoms with Crippen molar-refractivity contribution in [3.63, 3.8) is 0 Å². The van der Waals surface area contributed by atoms with E-state index in [1.54, 1.807) is 17.5 Å². The van der Waals surface area contributed by atoms with Crippen molar-refractivity contribution in [1.82, 2.24) is 14.4 Å². The predicted molar refractivity (Wildman–Crippen MR) is 121 cm³/mol. The summed E-state index contributed by atoms with van der Waals surface area (Å²) in [6.45, 7) is 2.01. The number of imidazole rings is 1. The van der Waals surface area contributed by atoms with E-state index in [0.717, 1.165) is 28.2 Å². The van der Waals surface area contributed by atoms with Crippen molar-refractivity contribution >= 4 is 28.7 Å². The number of rotatable bonds is 4. The van der Waals surface area contributed by atoms with Crippen LogP contribution < -0.4 is 5.32 Å². The summed E-state index contributed by atoms with van der Waals surface area (Å²) in [6, 6.07) is 21.4. The molecule has 0 saturated carbocycles. The number of aromatic nitrogens is 3. The third-order valence-corrected chi connectivity index (χ3v) is 5.91. The highest BCUT2D eigenvalue weighted by Gasteiger charge is 2.12. The lowest BCUT2D eigenvalue weighted by molar-refractivity contribution is 0.102. The van der Waals surface area contributed by atoms with Gasteiger partial charge in [-0.1, -0.05) is 30.3 Å². The lowest BCUT2D eigenvalue weighted by atomic mass is 10.1. The van der Waals surface area contributed by atoms with E-state index in [2.05, 4.69) is 21.4 Å². The van der Waals surface area contributed by atoms with Crippen molar-refractivity contribution in [2.45, 2.75) is 6.92 Å². The van der Waals surface area contributed by atoms with E-state index in [-0.39, 0.29) is 5.91 Å². The van der Waals surface area contributed by atoms with Crippen molar-refractivity contribution in [3.05, 3.63) is 95.8 Å². The molecule has 3 heterocycles.